The fourth-order valence-corrected chi connectivity index (χ4v) is 6.41. The summed E-state index contributed by atoms with van der Waals surface area (Å²) in [6.07, 6.45) is 7.28. The predicted octanol–water partition coefficient (Wildman–Crippen LogP) is 4.57. The second kappa shape index (κ2) is 7.12. The van der Waals surface area contributed by atoms with Crippen LogP contribution < -0.4 is 0 Å². The third kappa shape index (κ3) is 3.59. The largest absolute Gasteiger partial charge is 0.244 e. The van der Waals surface area contributed by atoms with Crippen molar-refractivity contribution in [1.29, 1.82) is 0 Å². The fraction of sp³-hybridized carbons (Fsp3) is 0.667. The van der Waals surface area contributed by atoms with Crippen LogP contribution >= 0.6 is 11.6 Å². The average Bonchev–Trinajstić information content (AvgIpc) is 2.55. The molecule has 3 atom stereocenters. The van der Waals surface area contributed by atoms with E-state index in [0.717, 1.165) is 18.8 Å². The molecule has 0 spiro atoms. The van der Waals surface area contributed by atoms with Gasteiger partial charge in [0.05, 0.1) is 5.02 Å². The van der Waals surface area contributed by atoms with E-state index in [-0.39, 0.29) is 4.90 Å². The van der Waals surface area contributed by atoms with Gasteiger partial charge in [0.25, 0.3) is 0 Å². The van der Waals surface area contributed by atoms with E-state index in [4.69, 9.17) is 11.6 Å². The molecule has 3 unspecified atom stereocenters. The van der Waals surface area contributed by atoms with Crippen molar-refractivity contribution < 1.29 is 8.42 Å². The van der Waals surface area contributed by atoms with Crippen LogP contribution in [0.1, 0.15) is 45.4 Å². The van der Waals surface area contributed by atoms with Gasteiger partial charge >= 0.3 is 0 Å². The summed E-state index contributed by atoms with van der Waals surface area (Å²) >= 11 is 6.13. The third-order valence-electron chi connectivity index (χ3n) is 5.66. The normalized spacial score (nSPS) is 30.3. The zero-order valence-electron chi connectivity index (χ0n) is 13.7. The summed E-state index contributed by atoms with van der Waals surface area (Å²) < 4.78 is 27.6. The highest BCUT2D eigenvalue weighted by Gasteiger charge is 2.36. The number of nitrogens with zero attached hydrogens (tertiary/aromatic N) is 1. The molecular formula is C18H26ClNO2S. The molecule has 0 aromatic heterocycles. The highest BCUT2D eigenvalue weighted by molar-refractivity contribution is 7.89. The van der Waals surface area contributed by atoms with E-state index >= 15 is 0 Å². The second-order valence-electron chi connectivity index (χ2n) is 7.12. The summed E-state index contributed by atoms with van der Waals surface area (Å²) in [6, 6.07) is 6.77. The molecule has 1 aliphatic heterocycles. The maximum Gasteiger partial charge on any atom is 0.244 e. The molecule has 3 nitrogen and oxygen atoms in total. The van der Waals surface area contributed by atoms with Crippen LogP contribution in [0.25, 0.3) is 0 Å². The molecule has 0 radical (unpaired) electrons. The molecule has 0 bridgehead atoms. The smallest absolute Gasteiger partial charge is 0.207 e. The monoisotopic (exact) mass is 355 g/mol. The zero-order valence-corrected chi connectivity index (χ0v) is 15.3. The number of sulfonamides is 1. The minimum atomic E-state index is -3.48. The summed E-state index contributed by atoms with van der Waals surface area (Å²) in [5, 5.41) is 0.320. The van der Waals surface area contributed by atoms with Gasteiger partial charge in [0, 0.05) is 13.1 Å². The molecule has 0 amide bonds. The van der Waals surface area contributed by atoms with Gasteiger partial charge in [0.15, 0.2) is 0 Å². The van der Waals surface area contributed by atoms with Crippen LogP contribution in [0, 0.1) is 17.8 Å². The summed E-state index contributed by atoms with van der Waals surface area (Å²) in [4.78, 5) is 0.249. The first kappa shape index (κ1) is 17.2. The lowest BCUT2D eigenvalue weighted by molar-refractivity contribution is 0.121. The lowest BCUT2D eigenvalue weighted by Gasteiger charge is -2.40. The van der Waals surface area contributed by atoms with Gasteiger partial charge in [-0.05, 0) is 49.1 Å². The Morgan fingerprint density at radius 3 is 2.57 bits per heavy atom. The van der Waals surface area contributed by atoms with Crippen molar-refractivity contribution in [2.45, 2.75) is 50.3 Å². The number of hydrogen-bond donors (Lipinski definition) is 0. The Morgan fingerprint density at radius 1 is 1.09 bits per heavy atom. The van der Waals surface area contributed by atoms with Crippen molar-refractivity contribution in [3.05, 3.63) is 29.3 Å². The molecule has 1 heterocycles. The molecule has 3 rings (SSSR count). The number of halogens is 1. The molecular weight excluding hydrogens is 330 g/mol. The topological polar surface area (TPSA) is 37.4 Å². The van der Waals surface area contributed by atoms with Crippen molar-refractivity contribution in [3.8, 4) is 0 Å². The van der Waals surface area contributed by atoms with Crippen molar-refractivity contribution in [3.63, 3.8) is 0 Å². The minimum Gasteiger partial charge on any atom is -0.207 e. The lowest BCUT2D eigenvalue weighted by atomic mass is 9.71. The first-order valence-corrected chi connectivity index (χ1v) is 10.6. The quantitative estimate of drug-likeness (QED) is 0.796. The summed E-state index contributed by atoms with van der Waals surface area (Å²) in [6.45, 7) is 3.61. The van der Waals surface area contributed by atoms with Gasteiger partial charge in [-0.1, -0.05) is 49.9 Å². The predicted molar refractivity (Wildman–Crippen MR) is 94.1 cm³/mol. The van der Waals surface area contributed by atoms with E-state index in [9.17, 15) is 8.42 Å². The highest BCUT2D eigenvalue weighted by atomic mass is 35.5. The van der Waals surface area contributed by atoms with Crippen LogP contribution in [0.4, 0.5) is 0 Å². The van der Waals surface area contributed by atoms with E-state index in [1.54, 1.807) is 28.6 Å². The number of hydrogen-bond acceptors (Lipinski definition) is 2. The van der Waals surface area contributed by atoms with Crippen LogP contribution in [0.5, 0.6) is 0 Å². The summed E-state index contributed by atoms with van der Waals surface area (Å²) in [5.41, 5.74) is 0. The Labute approximate surface area is 145 Å². The average molecular weight is 356 g/mol. The Kier molecular flexibility index (Phi) is 5.34. The maximum atomic E-state index is 13.0. The molecule has 2 fully saturated rings. The Morgan fingerprint density at radius 2 is 1.83 bits per heavy atom. The van der Waals surface area contributed by atoms with Gasteiger partial charge in [-0.2, -0.15) is 4.31 Å². The fourth-order valence-electron chi connectivity index (χ4n) is 4.38. The summed E-state index contributed by atoms with van der Waals surface area (Å²) in [7, 11) is -3.48. The number of benzene rings is 1. The molecule has 1 aromatic rings. The molecule has 1 saturated carbocycles. The second-order valence-corrected chi connectivity index (χ2v) is 9.43. The molecule has 5 heteroatoms. The molecule has 0 N–H and O–H groups in total. The first-order valence-electron chi connectivity index (χ1n) is 8.75. The lowest BCUT2D eigenvalue weighted by Crippen LogP contribution is -2.43. The van der Waals surface area contributed by atoms with Crippen LogP contribution in [0.15, 0.2) is 29.2 Å². The van der Waals surface area contributed by atoms with Gasteiger partial charge < -0.3 is 0 Å². The van der Waals surface area contributed by atoms with Crippen molar-refractivity contribution in [1.82, 2.24) is 4.31 Å². The molecule has 1 aromatic carbocycles. The minimum absolute atomic E-state index is 0.249. The van der Waals surface area contributed by atoms with Gasteiger partial charge in [-0.25, -0.2) is 8.42 Å². The van der Waals surface area contributed by atoms with Crippen molar-refractivity contribution >= 4 is 21.6 Å². The van der Waals surface area contributed by atoms with Crippen LogP contribution in [0.3, 0.4) is 0 Å². The Bertz CT molecular complexity index is 646. The Hall–Kier alpha value is -0.580. The van der Waals surface area contributed by atoms with Crippen LogP contribution in [0.2, 0.25) is 5.02 Å². The number of piperidine rings is 1. The molecule has 128 valence electrons. The third-order valence-corrected chi connectivity index (χ3v) is 8.02. The maximum absolute atomic E-state index is 13.0. The molecule has 23 heavy (non-hydrogen) atoms. The van der Waals surface area contributed by atoms with E-state index in [2.05, 4.69) is 6.92 Å². The van der Waals surface area contributed by atoms with Crippen molar-refractivity contribution in [2.75, 3.05) is 13.1 Å². The SMILES string of the molecule is CC1CCCCC1C1CCCN(S(=O)(=O)c2ccccc2Cl)C1. The Balaban J connectivity index is 1.79. The standard InChI is InChI=1S/C18H26ClNO2S/c1-14-7-2-3-9-16(14)15-8-6-12-20(13-15)23(21,22)18-11-5-4-10-17(18)19/h4-5,10-11,14-16H,2-3,6-9,12-13H2,1H3. The van der Waals surface area contributed by atoms with Gasteiger partial charge in [-0.15, -0.1) is 0 Å². The van der Waals surface area contributed by atoms with Crippen LogP contribution in [-0.2, 0) is 10.0 Å². The molecule has 1 aliphatic carbocycles. The van der Waals surface area contributed by atoms with Crippen LogP contribution in [-0.4, -0.2) is 25.8 Å². The van der Waals surface area contributed by atoms with Gasteiger partial charge in [-0.3, -0.25) is 0 Å². The molecule has 2 aliphatic rings. The van der Waals surface area contributed by atoms with E-state index in [0.29, 0.717) is 29.9 Å². The highest BCUT2D eigenvalue weighted by Crippen LogP contribution is 2.39. The van der Waals surface area contributed by atoms with Gasteiger partial charge in [0.2, 0.25) is 10.0 Å². The zero-order chi connectivity index (χ0) is 16.4. The number of rotatable bonds is 3. The van der Waals surface area contributed by atoms with E-state index in [1.807, 2.05) is 0 Å². The van der Waals surface area contributed by atoms with E-state index < -0.39 is 10.0 Å². The van der Waals surface area contributed by atoms with E-state index in [1.165, 1.54) is 25.7 Å². The van der Waals surface area contributed by atoms with Crippen molar-refractivity contribution in [2.24, 2.45) is 17.8 Å². The molecule has 1 saturated heterocycles. The van der Waals surface area contributed by atoms with Gasteiger partial charge in [0.1, 0.15) is 4.90 Å². The summed E-state index contributed by atoms with van der Waals surface area (Å²) in [5.74, 6) is 1.89. The first-order chi connectivity index (χ1) is 11.0.